The maximum atomic E-state index is 17.2. The highest BCUT2D eigenvalue weighted by molar-refractivity contribution is 6.03. The Bertz CT molecular complexity index is 1930. The van der Waals surface area contributed by atoms with Crippen molar-refractivity contribution in [2.45, 2.75) is 88.2 Å². The van der Waals surface area contributed by atoms with E-state index in [-0.39, 0.29) is 59.9 Å². The van der Waals surface area contributed by atoms with Crippen LogP contribution in [0.25, 0.3) is 32.8 Å². The van der Waals surface area contributed by atoms with Crippen LogP contribution in [0.2, 0.25) is 0 Å². The number of halogens is 4. The maximum Gasteiger partial charge on any atom is 0.319 e. The second-order valence-corrected chi connectivity index (χ2v) is 14.0. The molecular formula is C37H40F4N4O4. The van der Waals surface area contributed by atoms with Crippen molar-refractivity contribution in [3.05, 3.63) is 53.3 Å². The summed E-state index contributed by atoms with van der Waals surface area (Å²) in [6.07, 6.45) is 3.63. The Hall–Kier alpha value is -3.74. The number of methoxy groups -OCH3 is 1. The van der Waals surface area contributed by atoms with Crippen LogP contribution in [-0.4, -0.2) is 83.5 Å². The van der Waals surface area contributed by atoms with Crippen LogP contribution >= 0.6 is 0 Å². The molecule has 5 heterocycles. The number of fused-ring (bicyclic) bond motifs is 5. The Kier molecular flexibility index (Phi) is 8.31. The number of piperidine rings is 1. The first-order chi connectivity index (χ1) is 23.7. The van der Waals surface area contributed by atoms with Gasteiger partial charge in [-0.05, 0) is 97.7 Å². The van der Waals surface area contributed by atoms with E-state index >= 15 is 13.2 Å². The van der Waals surface area contributed by atoms with Gasteiger partial charge < -0.3 is 24.2 Å². The normalized spacial score (nSPS) is 26.6. The lowest BCUT2D eigenvalue weighted by Gasteiger charge is -2.39. The van der Waals surface area contributed by atoms with E-state index in [0.717, 1.165) is 32.2 Å². The van der Waals surface area contributed by atoms with Crippen LogP contribution in [0.15, 0.2) is 30.3 Å². The smallest absolute Gasteiger partial charge is 0.319 e. The van der Waals surface area contributed by atoms with E-state index < -0.39 is 35.3 Å². The Labute approximate surface area is 282 Å². The second-order valence-electron chi connectivity index (χ2n) is 14.0. The number of hydrogen-bond acceptors (Lipinski definition) is 8. The number of ether oxygens (including phenoxy) is 3. The molecule has 0 spiro atoms. The highest BCUT2D eigenvalue weighted by Crippen LogP contribution is 2.46. The molecule has 12 heteroatoms. The fraction of sp³-hybridized carbons (Fsp3) is 0.514. The largest absolute Gasteiger partial charge is 0.468 e. The molecule has 0 saturated carbocycles. The molecule has 8 nitrogen and oxygen atoms in total. The van der Waals surface area contributed by atoms with Gasteiger partial charge in [0.15, 0.2) is 12.6 Å². The van der Waals surface area contributed by atoms with Crippen LogP contribution in [0.3, 0.4) is 0 Å². The number of aliphatic hydroxyl groups is 1. The molecule has 8 rings (SSSR count). The lowest BCUT2D eigenvalue weighted by atomic mass is 9.91. The SMILES string of the molecule is CCc1c(F)ccc2cc(OCOC)cc(-c3c(F)cc4c(N5C6CCC(O)C5CC6)nc(OC[C@@]56CCCN5C[C@H](F)C6)nc4c3F)c12. The van der Waals surface area contributed by atoms with Crippen LogP contribution in [0.5, 0.6) is 11.8 Å². The van der Waals surface area contributed by atoms with Gasteiger partial charge in [0.1, 0.15) is 41.5 Å². The van der Waals surface area contributed by atoms with Gasteiger partial charge >= 0.3 is 6.01 Å². The quantitative estimate of drug-likeness (QED) is 0.152. The Morgan fingerprint density at radius 2 is 1.86 bits per heavy atom. The summed E-state index contributed by atoms with van der Waals surface area (Å²) in [5.41, 5.74) is -0.591. The van der Waals surface area contributed by atoms with E-state index in [1.807, 2.05) is 4.90 Å². The number of aliphatic hydroxyl groups excluding tert-OH is 1. The molecule has 0 amide bonds. The third kappa shape index (κ3) is 5.38. The third-order valence-corrected chi connectivity index (χ3v) is 11.2. The summed E-state index contributed by atoms with van der Waals surface area (Å²) < 4.78 is 80.6. The molecule has 4 aliphatic rings. The van der Waals surface area contributed by atoms with Crippen molar-refractivity contribution in [1.29, 1.82) is 0 Å². The van der Waals surface area contributed by atoms with Crippen molar-refractivity contribution >= 4 is 27.5 Å². The number of aromatic nitrogens is 2. The van der Waals surface area contributed by atoms with Gasteiger partial charge in [-0.1, -0.05) is 13.0 Å². The minimum atomic E-state index is -0.957. The van der Waals surface area contributed by atoms with Crippen LogP contribution in [0.1, 0.15) is 57.4 Å². The topological polar surface area (TPSA) is 80.2 Å². The molecule has 4 aliphatic heterocycles. The van der Waals surface area contributed by atoms with E-state index in [9.17, 15) is 9.50 Å². The summed E-state index contributed by atoms with van der Waals surface area (Å²) in [7, 11) is 1.46. The number of rotatable bonds is 9. The highest BCUT2D eigenvalue weighted by atomic mass is 19.1. The average molecular weight is 681 g/mol. The molecule has 1 N–H and O–H groups in total. The molecule has 0 radical (unpaired) electrons. The van der Waals surface area contributed by atoms with Crippen LogP contribution in [0.4, 0.5) is 23.4 Å². The summed E-state index contributed by atoms with van der Waals surface area (Å²) >= 11 is 0. The van der Waals surface area contributed by atoms with E-state index in [4.69, 9.17) is 19.2 Å². The van der Waals surface area contributed by atoms with E-state index in [1.54, 1.807) is 19.1 Å². The minimum absolute atomic E-state index is 0.0323. The summed E-state index contributed by atoms with van der Waals surface area (Å²) in [6.45, 7) is 2.95. The number of benzene rings is 3. The lowest BCUT2D eigenvalue weighted by molar-refractivity contribution is 0.0512. The second kappa shape index (κ2) is 12.5. The standard InChI is InChI=1S/C37H40F4N4O4/c1-3-24-27(39)8-5-20-13-23(49-19-47-2)14-25(31(20)24)32-28(40)15-26-34(33(32)41)42-36(48-18-37-11-4-12-44(37)17-21(38)16-37)43-35(26)45-22-6-9-29(45)30(46)10-7-22/h5,8,13-15,21-22,29-30,46H,3-4,6-7,9-12,16-19H2,1-2H3/t21-,22?,29?,30?,37+/m1/s1. The van der Waals surface area contributed by atoms with E-state index in [0.29, 0.717) is 53.7 Å². The van der Waals surface area contributed by atoms with Gasteiger partial charge in [0, 0.05) is 31.5 Å². The summed E-state index contributed by atoms with van der Waals surface area (Å²) in [4.78, 5) is 13.4. The van der Waals surface area contributed by atoms with Crippen LogP contribution in [0, 0.1) is 17.5 Å². The molecule has 5 atom stereocenters. The molecule has 4 aromatic rings. The van der Waals surface area contributed by atoms with Gasteiger partial charge in [-0.25, -0.2) is 17.6 Å². The van der Waals surface area contributed by atoms with E-state index in [2.05, 4.69) is 9.88 Å². The van der Waals surface area contributed by atoms with Gasteiger partial charge in [-0.15, -0.1) is 0 Å². The molecule has 4 saturated heterocycles. The zero-order valence-electron chi connectivity index (χ0n) is 27.7. The fourth-order valence-electron chi connectivity index (χ4n) is 9.02. The number of nitrogens with zero attached hydrogens (tertiary/aromatic N) is 4. The van der Waals surface area contributed by atoms with Gasteiger partial charge in [-0.2, -0.15) is 9.97 Å². The molecular weight excluding hydrogens is 640 g/mol. The molecule has 3 aromatic carbocycles. The monoisotopic (exact) mass is 680 g/mol. The van der Waals surface area contributed by atoms with Crippen molar-refractivity contribution in [1.82, 2.24) is 14.9 Å². The highest BCUT2D eigenvalue weighted by Gasteiger charge is 2.50. The molecule has 1 aromatic heterocycles. The third-order valence-electron chi connectivity index (χ3n) is 11.2. The van der Waals surface area contributed by atoms with E-state index in [1.165, 1.54) is 25.3 Å². The number of aryl methyl sites for hydroxylation is 1. The molecule has 3 unspecified atom stereocenters. The van der Waals surface area contributed by atoms with Crippen LogP contribution in [-0.2, 0) is 11.2 Å². The molecule has 4 fully saturated rings. The minimum Gasteiger partial charge on any atom is -0.468 e. The van der Waals surface area contributed by atoms with Crippen LogP contribution < -0.4 is 14.4 Å². The van der Waals surface area contributed by atoms with Gasteiger partial charge in [0.2, 0.25) is 0 Å². The first-order valence-corrected chi connectivity index (χ1v) is 17.3. The summed E-state index contributed by atoms with van der Waals surface area (Å²) in [5.74, 6) is -1.70. The molecule has 0 aliphatic carbocycles. The Balaban J connectivity index is 1.32. The Morgan fingerprint density at radius 1 is 1.02 bits per heavy atom. The maximum absolute atomic E-state index is 17.2. The van der Waals surface area contributed by atoms with Gasteiger partial charge in [0.05, 0.1) is 23.2 Å². The van der Waals surface area contributed by atoms with Gasteiger partial charge in [-0.3, -0.25) is 4.90 Å². The first kappa shape index (κ1) is 32.5. The number of hydrogen-bond donors (Lipinski definition) is 1. The van der Waals surface area contributed by atoms with Crippen molar-refractivity contribution < 1.29 is 36.9 Å². The molecule has 2 bridgehead atoms. The first-order valence-electron chi connectivity index (χ1n) is 17.3. The fourth-order valence-corrected chi connectivity index (χ4v) is 9.02. The predicted molar refractivity (Wildman–Crippen MR) is 177 cm³/mol. The molecule has 260 valence electrons. The lowest BCUT2D eigenvalue weighted by Crippen LogP contribution is -2.48. The number of anilines is 1. The van der Waals surface area contributed by atoms with Gasteiger partial charge in [0.25, 0.3) is 0 Å². The predicted octanol–water partition coefficient (Wildman–Crippen LogP) is 6.86. The van der Waals surface area contributed by atoms with Crippen molar-refractivity contribution in [3.63, 3.8) is 0 Å². The molecule has 49 heavy (non-hydrogen) atoms. The summed E-state index contributed by atoms with van der Waals surface area (Å²) in [6, 6.07) is 6.98. The Morgan fingerprint density at radius 3 is 2.67 bits per heavy atom. The van der Waals surface area contributed by atoms with Crippen molar-refractivity contribution in [2.75, 3.05) is 38.5 Å². The summed E-state index contributed by atoms with van der Waals surface area (Å²) in [5, 5.41) is 12.0. The zero-order valence-corrected chi connectivity index (χ0v) is 27.7. The number of alkyl halides is 1. The zero-order chi connectivity index (χ0) is 34.0. The van der Waals surface area contributed by atoms with Crippen molar-refractivity contribution in [3.8, 4) is 22.9 Å². The van der Waals surface area contributed by atoms with Crippen molar-refractivity contribution in [2.24, 2.45) is 0 Å². The average Bonchev–Trinajstić information content (AvgIpc) is 3.73.